The standard InChI is InChI=1S/C15H17N5O/c1-9-5-6-12(7-10(9)2)16-13-8-11(3)20-14(17-13)18-19(4)15(20)21/h5-8H,1-4H3,(H,16,17,18). The summed E-state index contributed by atoms with van der Waals surface area (Å²) in [6.07, 6.45) is 0. The minimum Gasteiger partial charge on any atom is -0.340 e. The number of nitrogens with zero attached hydrogens (tertiary/aromatic N) is 4. The van der Waals surface area contributed by atoms with E-state index in [1.54, 1.807) is 7.05 Å². The van der Waals surface area contributed by atoms with Crippen molar-refractivity contribution in [3.8, 4) is 0 Å². The number of aromatic nitrogens is 4. The Balaban J connectivity index is 2.05. The van der Waals surface area contributed by atoms with Crippen LogP contribution in [0.25, 0.3) is 5.78 Å². The number of rotatable bonds is 2. The van der Waals surface area contributed by atoms with Gasteiger partial charge in [0.1, 0.15) is 5.82 Å². The number of fused-ring (bicyclic) bond motifs is 1. The van der Waals surface area contributed by atoms with Gasteiger partial charge in [-0.15, -0.1) is 5.10 Å². The van der Waals surface area contributed by atoms with Crippen LogP contribution in [-0.2, 0) is 7.05 Å². The number of aryl methyl sites for hydroxylation is 4. The smallest absolute Gasteiger partial charge is 0.340 e. The lowest BCUT2D eigenvalue weighted by Crippen LogP contribution is -2.19. The fraction of sp³-hybridized carbons (Fsp3) is 0.267. The highest BCUT2D eigenvalue weighted by Crippen LogP contribution is 2.19. The molecule has 3 aromatic rings. The van der Waals surface area contributed by atoms with E-state index >= 15 is 0 Å². The molecule has 0 spiro atoms. The van der Waals surface area contributed by atoms with E-state index in [2.05, 4.69) is 41.4 Å². The molecule has 2 aromatic heterocycles. The number of benzene rings is 1. The normalized spacial score (nSPS) is 11.0. The Kier molecular flexibility index (Phi) is 3.01. The van der Waals surface area contributed by atoms with Crippen molar-refractivity contribution in [3.63, 3.8) is 0 Å². The molecule has 0 aliphatic carbocycles. The molecule has 21 heavy (non-hydrogen) atoms. The van der Waals surface area contributed by atoms with Gasteiger partial charge in [-0.05, 0) is 44.0 Å². The minimum atomic E-state index is -0.187. The molecule has 1 N–H and O–H groups in total. The molecule has 3 rings (SSSR count). The summed E-state index contributed by atoms with van der Waals surface area (Å²) in [6.45, 7) is 6.01. The fourth-order valence-electron chi connectivity index (χ4n) is 2.27. The second-order valence-electron chi connectivity index (χ2n) is 5.25. The molecule has 0 amide bonds. The van der Waals surface area contributed by atoms with Gasteiger partial charge in [0, 0.05) is 24.5 Å². The van der Waals surface area contributed by atoms with Gasteiger partial charge >= 0.3 is 5.69 Å². The predicted octanol–water partition coefficient (Wildman–Crippen LogP) is 2.10. The van der Waals surface area contributed by atoms with Gasteiger partial charge in [-0.25, -0.2) is 13.9 Å². The Morgan fingerprint density at radius 3 is 2.57 bits per heavy atom. The van der Waals surface area contributed by atoms with Crippen molar-refractivity contribution in [1.29, 1.82) is 0 Å². The zero-order valence-corrected chi connectivity index (χ0v) is 12.5. The van der Waals surface area contributed by atoms with Crippen LogP contribution in [0.2, 0.25) is 0 Å². The topological polar surface area (TPSA) is 64.2 Å². The van der Waals surface area contributed by atoms with E-state index in [0.29, 0.717) is 11.6 Å². The SMILES string of the molecule is Cc1ccc(Nc2cc(C)n3c(=O)n(C)nc3n2)cc1C. The molecule has 0 saturated carbocycles. The highest BCUT2D eigenvalue weighted by atomic mass is 16.2. The third kappa shape index (κ3) is 2.29. The molecule has 0 atom stereocenters. The molecule has 0 fully saturated rings. The Morgan fingerprint density at radius 1 is 1.10 bits per heavy atom. The first kappa shape index (κ1) is 13.4. The quantitative estimate of drug-likeness (QED) is 0.782. The van der Waals surface area contributed by atoms with Crippen LogP contribution in [0.1, 0.15) is 16.8 Å². The maximum Gasteiger partial charge on any atom is 0.351 e. The van der Waals surface area contributed by atoms with Gasteiger partial charge in [0.25, 0.3) is 5.78 Å². The fourth-order valence-corrected chi connectivity index (χ4v) is 2.27. The zero-order valence-electron chi connectivity index (χ0n) is 12.5. The first-order chi connectivity index (χ1) is 9.95. The van der Waals surface area contributed by atoms with Crippen LogP contribution in [0.4, 0.5) is 11.5 Å². The Hall–Kier alpha value is -2.63. The number of anilines is 2. The van der Waals surface area contributed by atoms with Crippen molar-refractivity contribution in [1.82, 2.24) is 19.2 Å². The average molecular weight is 283 g/mol. The van der Waals surface area contributed by atoms with Crippen molar-refractivity contribution in [2.45, 2.75) is 20.8 Å². The largest absolute Gasteiger partial charge is 0.351 e. The van der Waals surface area contributed by atoms with Gasteiger partial charge in [-0.2, -0.15) is 4.98 Å². The molecule has 6 heteroatoms. The highest BCUT2D eigenvalue weighted by Gasteiger charge is 2.09. The van der Waals surface area contributed by atoms with E-state index < -0.39 is 0 Å². The lowest BCUT2D eigenvalue weighted by Gasteiger charge is -2.09. The molecule has 0 radical (unpaired) electrons. The van der Waals surface area contributed by atoms with E-state index in [1.807, 2.05) is 19.1 Å². The Morgan fingerprint density at radius 2 is 1.86 bits per heavy atom. The van der Waals surface area contributed by atoms with E-state index in [-0.39, 0.29) is 5.69 Å². The summed E-state index contributed by atoms with van der Waals surface area (Å²) < 4.78 is 2.78. The molecule has 2 heterocycles. The summed E-state index contributed by atoms with van der Waals surface area (Å²) in [4.78, 5) is 16.3. The first-order valence-corrected chi connectivity index (χ1v) is 6.73. The van der Waals surface area contributed by atoms with Crippen molar-refractivity contribution >= 4 is 17.3 Å². The van der Waals surface area contributed by atoms with Gasteiger partial charge in [-0.1, -0.05) is 6.07 Å². The molecule has 0 aliphatic rings. The first-order valence-electron chi connectivity index (χ1n) is 6.73. The third-order valence-corrected chi connectivity index (χ3v) is 3.61. The lowest BCUT2D eigenvalue weighted by atomic mass is 10.1. The molecular weight excluding hydrogens is 266 g/mol. The molecule has 0 unspecified atom stereocenters. The van der Waals surface area contributed by atoms with Crippen molar-refractivity contribution < 1.29 is 0 Å². The molecule has 0 bridgehead atoms. The summed E-state index contributed by atoms with van der Waals surface area (Å²) >= 11 is 0. The molecule has 1 aromatic carbocycles. The molecular formula is C15H17N5O. The second kappa shape index (κ2) is 4.73. The highest BCUT2D eigenvalue weighted by molar-refractivity contribution is 5.59. The molecule has 6 nitrogen and oxygen atoms in total. The number of hydrogen-bond donors (Lipinski definition) is 1. The van der Waals surface area contributed by atoms with E-state index in [1.165, 1.54) is 20.2 Å². The summed E-state index contributed by atoms with van der Waals surface area (Å²) in [5.74, 6) is 1.07. The summed E-state index contributed by atoms with van der Waals surface area (Å²) in [5.41, 5.74) is 4.04. The van der Waals surface area contributed by atoms with Crippen LogP contribution in [0, 0.1) is 20.8 Å². The summed E-state index contributed by atoms with van der Waals surface area (Å²) in [7, 11) is 1.62. The lowest BCUT2D eigenvalue weighted by molar-refractivity contribution is 0.730. The second-order valence-corrected chi connectivity index (χ2v) is 5.25. The third-order valence-electron chi connectivity index (χ3n) is 3.61. The van der Waals surface area contributed by atoms with Crippen molar-refractivity contribution in [3.05, 3.63) is 51.6 Å². The van der Waals surface area contributed by atoms with Crippen LogP contribution in [-0.4, -0.2) is 19.2 Å². The van der Waals surface area contributed by atoms with Crippen LogP contribution < -0.4 is 11.0 Å². The minimum absolute atomic E-state index is 0.187. The van der Waals surface area contributed by atoms with Gasteiger partial charge in [0.2, 0.25) is 0 Å². The van der Waals surface area contributed by atoms with Gasteiger partial charge in [0.05, 0.1) is 0 Å². The predicted molar refractivity (Wildman–Crippen MR) is 82.2 cm³/mol. The van der Waals surface area contributed by atoms with Gasteiger partial charge in [0.15, 0.2) is 0 Å². The van der Waals surface area contributed by atoms with E-state index in [0.717, 1.165) is 11.4 Å². The van der Waals surface area contributed by atoms with Crippen LogP contribution in [0.15, 0.2) is 29.1 Å². The van der Waals surface area contributed by atoms with Crippen molar-refractivity contribution in [2.24, 2.45) is 7.05 Å². The zero-order chi connectivity index (χ0) is 15.1. The Bertz CT molecular complexity index is 891. The van der Waals surface area contributed by atoms with Gasteiger partial charge in [-0.3, -0.25) is 0 Å². The maximum absolute atomic E-state index is 11.9. The van der Waals surface area contributed by atoms with Crippen LogP contribution in [0.5, 0.6) is 0 Å². The van der Waals surface area contributed by atoms with Crippen LogP contribution in [0.3, 0.4) is 0 Å². The van der Waals surface area contributed by atoms with Crippen LogP contribution >= 0.6 is 0 Å². The summed E-state index contributed by atoms with van der Waals surface area (Å²) in [6, 6.07) is 7.98. The molecule has 0 aliphatic heterocycles. The van der Waals surface area contributed by atoms with Crippen molar-refractivity contribution in [2.75, 3.05) is 5.32 Å². The molecule has 108 valence electrons. The number of hydrogen-bond acceptors (Lipinski definition) is 4. The monoisotopic (exact) mass is 283 g/mol. The maximum atomic E-state index is 11.9. The van der Waals surface area contributed by atoms with E-state index in [4.69, 9.17) is 0 Å². The van der Waals surface area contributed by atoms with E-state index in [9.17, 15) is 4.79 Å². The molecule has 0 saturated heterocycles. The average Bonchev–Trinajstić information content (AvgIpc) is 2.70. The Labute approximate surface area is 122 Å². The summed E-state index contributed by atoms with van der Waals surface area (Å²) in [5, 5.41) is 7.38. The number of nitrogens with one attached hydrogen (secondary N) is 1. The van der Waals surface area contributed by atoms with Gasteiger partial charge < -0.3 is 5.32 Å².